The molecule has 23 heavy (non-hydrogen) atoms. The maximum absolute atomic E-state index is 12.3. The molecular formula is C12H17F3N2O5S. The summed E-state index contributed by atoms with van der Waals surface area (Å²) in [7, 11) is -3.28. The quantitative estimate of drug-likeness (QED) is 0.601. The lowest BCUT2D eigenvalue weighted by Gasteiger charge is -2.38. The van der Waals surface area contributed by atoms with Crippen LogP contribution in [-0.2, 0) is 9.53 Å². The minimum atomic E-state index is -4.48. The minimum absolute atomic E-state index is 0.271. The van der Waals surface area contributed by atoms with Crippen molar-refractivity contribution < 1.29 is 31.6 Å². The second-order valence-corrected chi connectivity index (χ2v) is 8.57. The summed E-state index contributed by atoms with van der Waals surface area (Å²) in [5, 5.41) is 11.1. The fraction of sp³-hybridized carbons (Fsp3) is 0.500. The van der Waals surface area contributed by atoms with Gasteiger partial charge in [0, 0.05) is 19.4 Å². The number of hydrogen-bond donors (Lipinski definition) is 2. The highest BCUT2D eigenvalue weighted by atomic mass is 32.3. The molecule has 0 heterocycles. The van der Waals surface area contributed by atoms with Gasteiger partial charge in [-0.05, 0) is 19.1 Å². The molecule has 0 aliphatic carbocycles. The number of benzene rings is 1. The van der Waals surface area contributed by atoms with Crippen molar-refractivity contribution in [3.8, 4) is 5.75 Å². The molecule has 0 aliphatic heterocycles. The molecule has 2 N–H and O–H groups in total. The van der Waals surface area contributed by atoms with Crippen LogP contribution in [-0.4, -0.2) is 39.3 Å². The van der Waals surface area contributed by atoms with E-state index in [1.807, 2.05) is 0 Å². The summed E-state index contributed by atoms with van der Waals surface area (Å²) >= 11 is 0. The van der Waals surface area contributed by atoms with Crippen LogP contribution in [0.5, 0.6) is 5.75 Å². The molecule has 0 amide bonds. The number of alkyl halides is 3. The Morgan fingerprint density at radius 3 is 2.48 bits per heavy atom. The fourth-order valence-corrected chi connectivity index (χ4v) is 2.75. The van der Waals surface area contributed by atoms with Crippen LogP contribution in [0.25, 0.3) is 0 Å². The fourth-order valence-electron chi connectivity index (χ4n) is 1.74. The molecule has 0 aromatic heterocycles. The van der Waals surface area contributed by atoms with Crippen LogP contribution in [0.1, 0.15) is 13.3 Å². The van der Waals surface area contributed by atoms with E-state index in [-0.39, 0.29) is 4.90 Å². The number of hydrogen-bond acceptors (Lipinski definition) is 4. The van der Waals surface area contributed by atoms with E-state index in [9.17, 15) is 32.0 Å². The maximum Gasteiger partial charge on any atom is 0.392 e. The van der Waals surface area contributed by atoms with Gasteiger partial charge in [0.05, 0.1) is 16.2 Å². The topological polar surface area (TPSA) is 102 Å². The molecule has 0 fully saturated rings. The Hall–Kier alpha value is -1.72. The van der Waals surface area contributed by atoms with Gasteiger partial charge in [-0.25, -0.2) is 4.72 Å². The largest absolute Gasteiger partial charge is 0.483 e. The van der Waals surface area contributed by atoms with Gasteiger partial charge in [-0.3, -0.25) is 14.7 Å². The van der Waals surface area contributed by atoms with Crippen LogP contribution in [0.4, 0.5) is 18.9 Å². The van der Waals surface area contributed by atoms with Gasteiger partial charge < -0.3 is 4.74 Å². The first-order valence-corrected chi connectivity index (χ1v) is 8.67. The monoisotopic (exact) mass is 358 g/mol. The van der Waals surface area contributed by atoms with Crippen molar-refractivity contribution in [1.29, 1.82) is 0 Å². The zero-order valence-corrected chi connectivity index (χ0v) is 13.4. The lowest BCUT2D eigenvalue weighted by atomic mass is 10.2. The summed E-state index contributed by atoms with van der Waals surface area (Å²) < 4.78 is 66.3. The van der Waals surface area contributed by atoms with Crippen LogP contribution < -0.4 is 9.46 Å². The average Bonchev–Trinajstić information content (AvgIpc) is 2.36. The average molecular weight is 358 g/mol. The van der Waals surface area contributed by atoms with Crippen molar-refractivity contribution in [3.63, 3.8) is 0 Å². The van der Waals surface area contributed by atoms with Crippen molar-refractivity contribution in [1.82, 2.24) is 4.72 Å². The van der Waals surface area contributed by atoms with E-state index >= 15 is 0 Å². The van der Waals surface area contributed by atoms with E-state index in [1.54, 1.807) is 0 Å². The minimum Gasteiger partial charge on any atom is -0.483 e. The third kappa shape index (κ3) is 5.15. The first-order chi connectivity index (χ1) is 10.2. The summed E-state index contributed by atoms with van der Waals surface area (Å²) in [6.45, 7) is 1.12. The predicted molar refractivity (Wildman–Crippen MR) is 77.9 cm³/mol. The van der Waals surface area contributed by atoms with E-state index in [0.717, 1.165) is 31.4 Å². The molecule has 1 atom stereocenters. The third-order valence-electron chi connectivity index (χ3n) is 3.01. The Morgan fingerprint density at radius 1 is 1.48 bits per heavy atom. The maximum atomic E-state index is 12.3. The van der Waals surface area contributed by atoms with Crippen molar-refractivity contribution in [2.24, 2.45) is 0 Å². The third-order valence-corrected chi connectivity index (χ3v) is 5.34. The van der Waals surface area contributed by atoms with Crippen LogP contribution in [0.3, 0.4) is 0 Å². The molecule has 0 saturated heterocycles. The molecule has 0 radical (unpaired) electrons. The molecule has 1 unspecified atom stereocenters. The number of nitrogens with one attached hydrogen (secondary N) is 1. The summed E-state index contributed by atoms with van der Waals surface area (Å²) in [4.78, 5) is 9.91. The van der Waals surface area contributed by atoms with Gasteiger partial charge in [0.25, 0.3) is 0 Å². The van der Waals surface area contributed by atoms with E-state index in [1.165, 1.54) is 7.05 Å². The van der Waals surface area contributed by atoms with Gasteiger partial charge in [-0.15, -0.1) is 9.53 Å². The highest BCUT2D eigenvalue weighted by Crippen LogP contribution is 2.36. The Bertz CT molecular complexity index is 671. The molecule has 7 nitrogen and oxygen atoms in total. The second kappa shape index (κ2) is 6.06. The summed E-state index contributed by atoms with van der Waals surface area (Å²) in [5.41, 5.74) is -0.693. The first kappa shape index (κ1) is 19.3. The van der Waals surface area contributed by atoms with Crippen LogP contribution in [0, 0.1) is 10.1 Å². The van der Waals surface area contributed by atoms with Gasteiger partial charge in [0.2, 0.25) is 0 Å². The normalized spacial score (nSPS) is 15.5. The Labute approximate surface area is 130 Å². The van der Waals surface area contributed by atoms with E-state index in [0.29, 0.717) is 0 Å². The van der Waals surface area contributed by atoms with Gasteiger partial charge in [0.1, 0.15) is 6.10 Å². The lowest BCUT2D eigenvalue weighted by molar-refractivity contribution is -0.386. The van der Waals surface area contributed by atoms with Crippen LogP contribution in [0.2, 0.25) is 0 Å². The van der Waals surface area contributed by atoms with Crippen LogP contribution >= 0.6 is 0 Å². The second-order valence-electron chi connectivity index (χ2n) is 5.12. The Balaban J connectivity index is 3.22. The zero-order valence-electron chi connectivity index (χ0n) is 12.6. The molecular weight excluding hydrogens is 341 g/mol. The zero-order chi connectivity index (χ0) is 18.1. The smallest absolute Gasteiger partial charge is 0.392 e. The molecule has 1 aromatic carbocycles. The molecule has 1 rings (SSSR count). The number of rotatable bonds is 6. The van der Waals surface area contributed by atoms with Crippen LogP contribution in [0.15, 0.2) is 23.1 Å². The van der Waals surface area contributed by atoms with E-state index in [4.69, 9.17) is 4.74 Å². The SMILES string of the molecule is CNS(C)(=O)(O)c1ccc(OC(C)CC(F)(F)F)c([N+](=O)[O-])c1. The Morgan fingerprint density at radius 2 is 2.04 bits per heavy atom. The predicted octanol–water partition coefficient (Wildman–Crippen LogP) is 2.73. The lowest BCUT2D eigenvalue weighted by Crippen LogP contribution is -2.43. The number of nitro benzene ring substituents is 1. The number of halogens is 3. The molecule has 11 heteroatoms. The van der Waals surface area contributed by atoms with Crippen molar-refractivity contribution in [2.45, 2.75) is 30.5 Å². The summed E-state index contributed by atoms with van der Waals surface area (Å²) in [6, 6.07) is 2.90. The van der Waals surface area contributed by atoms with E-state index in [2.05, 4.69) is 4.72 Å². The molecule has 0 aliphatic rings. The van der Waals surface area contributed by atoms with Crippen molar-refractivity contribution in [2.75, 3.05) is 13.3 Å². The molecule has 0 spiro atoms. The number of nitro groups is 1. The number of nitrogens with zero attached hydrogens (tertiary/aromatic N) is 1. The molecule has 0 saturated carbocycles. The van der Waals surface area contributed by atoms with Gasteiger partial charge >= 0.3 is 11.9 Å². The summed E-state index contributed by atoms with van der Waals surface area (Å²) in [5.74, 6) is -0.408. The van der Waals surface area contributed by atoms with Crippen molar-refractivity contribution >= 4 is 15.2 Å². The molecule has 0 bridgehead atoms. The standard InChI is InChI=1S/C12H17F3N2O5S/c1-8(7-12(13,14)15)22-11-5-4-9(6-10(11)17(18)19)23(3,20,21)16-2/h4-6,8H,7H2,1-3H3,(H2,16,20,21). The van der Waals surface area contributed by atoms with E-state index < -0.39 is 44.6 Å². The molecule has 132 valence electrons. The summed E-state index contributed by atoms with van der Waals surface area (Å²) in [6.07, 6.45) is -6.15. The Kier molecular flexibility index (Phi) is 5.09. The van der Waals surface area contributed by atoms with Crippen molar-refractivity contribution in [3.05, 3.63) is 28.3 Å². The van der Waals surface area contributed by atoms with Gasteiger partial charge in [0.15, 0.2) is 5.75 Å². The van der Waals surface area contributed by atoms with Gasteiger partial charge in [-0.1, -0.05) is 0 Å². The van der Waals surface area contributed by atoms with Gasteiger partial charge in [-0.2, -0.15) is 17.4 Å². The molecule has 1 aromatic rings. The highest BCUT2D eigenvalue weighted by Gasteiger charge is 2.32. The number of ether oxygens (including phenoxy) is 1. The first-order valence-electron chi connectivity index (χ1n) is 6.34. The highest BCUT2D eigenvalue weighted by molar-refractivity contribution is 8.12.